The van der Waals surface area contributed by atoms with Gasteiger partial charge in [-0.05, 0) is 47.7 Å². The van der Waals surface area contributed by atoms with Crippen molar-refractivity contribution >= 4 is 17.9 Å². The van der Waals surface area contributed by atoms with Crippen LogP contribution in [-0.2, 0) is 9.59 Å². The van der Waals surface area contributed by atoms with E-state index >= 15 is 0 Å². The van der Waals surface area contributed by atoms with Gasteiger partial charge < -0.3 is 10.2 Å². The number of pyridine rings is 1. The van der Waals surface area contributed by atoms with Gasteiger partial charge in [0.15, 0.2) is 0 Å². The molecule has 1 unspecified atom stereocenters. The largest absolute Gasteiger partial charge is 0.345 e. The van der Waals surface area contributed by atoms with Gasteiger partial charge >= 0.3 is 0 Å². The predicted molar refractivity (Wildman–Crippen MR) is 125 cm³/mol. The van der Waals surface area contributed by atoms with E-state index in [4.69, 9.17) is 0 Å². The molecule has 3 aromatic rings. The molecule has 2 heterocycles. The number of rotatable bonds is 6. The van der Waals surface area contributed by atoms with Crippen LogP contribution in [0, 0.1) is 5.92 Å². The number of hydrogen-bond acceptors (Lipinski definition) is 3. The highest BCUT2D eigenvalue weighted by molar-refractivity contribution is 5.92. The maximum atomic E-state index is 13.1. The first-order valence-corrected chi connectivity index (χ1v) is 11.0. The summed E-state index contributed by atoms with van der Waals surface area (Å²) in [7, 11) is 0. The first-order chi connectivity index (χ1) is 15.7. The number of piperidine rings is 1. The molecule has 1 atom stereocenters. The van der Waals surface area contributed by atoms with E-state index in [1.165, 1.54) is 0 Å². The summed E-state index contributed by atoms with van der Waals surface area (Å²) in [6, 6.07) is 23.4. The van der Waals surface area contributed by atoms with Crippen LogP contribution in [0.25, 0.3) is 6.08 Å². The lowest BCUT2D eigenvalue weighted by Gasteiger charge is -2.32. The van der Waals surface area contributed by atoms with Crippen molar-refractivity contribution < 1.29 is 9.59 Å². The normalized spacial score (nSPS) is 15.4. The average molecular weight is 426 g/mol. The van der Waals surface area contributed by atoms with Crippen LogP contribution in [0.3, 0.4) is 0 Å². The Morgan fingerprint density at radius 3 is 2.12 bits per heavy atom. The Morgan fingerprint density at radius 1 is 0.875 bits per heavy atom. The van der Waals surface area contributed by atoms with Gasteiger partial charge in [-0.15, -0.1) is 0 Å². The fraction of sp³-hybridized carbons (Fsp3) is 0.222. The lowest BCUT2D eigenvalue weighted by atomic mass is 9.93. The summed E-state index contributed by atoms with van der Waals surface area (Å²) >= 11 is 0. The zero-order valence-corrected chi connectivity index (χ0v) is 17.9. The van der Waals surface area contributed by atoms with Gasteiger partial charge in [0, 0.05) is 37.5 Å². The number of likely N-dealkylation sites (tertiary alicyclic amines) is 1. The fourth-order valence-electron chi connectivity index (χ4n) is 4.02. The van der Waals surface area contributed by atoms with Crippen molar-refractivity contribution in [3.8, 4) is 0 Å². The number of nitrogens with one attached hydrogen (secondary N) is 1. The van der Waals surface area contributed by atoms with Crippen LogP contribution < -0.4 is 5.32 Å². The molecule has 2 amide bonds. The Balaban J connectivity index is 1.36. The first kappa shape index (κ1) is 21.5. The zero-order chi connectivity index (χ0) is 22.2. The number of carbonyl (C=O) groups excluding carboxylic acids is 2. The van der Waals surface area contributed by atoms with Gasteiger partial charge in [0.2, 0.25) is 11.8 Å². The molecule has 0 saturated carbocycles. The molecule has 0 spiro atoms. The Labute approximate surface area is 188 Å². The quantitative estimate of drug-likeness (QED) is 0.601. The molecular formula is C27H27N3O2. The molecule has 2 aromatic carbocycles. The Bertz CT molecular complexity index is 1000. The minimum Gasteiger partial charge on any atom is -0.345 e. The van der Waals surface area contributed by atoms with Crippen molar-refractivity contribution in [2.75, 3.05) is 13.1 Å². The molecule has 1 saturated heterocycles. The van der Waals surface area contributed by atoms with E-state index in [0.29, 0.717) is 25.9 Å². The van der Waals surface area contributed by atoms with Crippen molar-refractivity contribution in [2.24, 2.45) is 5.92 Å². The molecule has 0 bridgehead atoms. The summed E-state index contributed by atoms with van der Waals surface area (Å²) in [4.78, 5) is 31.5. The zero-order valence-electron chi connectivity index (χ0n) is 17.9. The average Bonchev–Trinajstić information content (AvgIpc) is 2.87. The van der Waals surface area contributed by atoms with Gasteiger partial charge in [-0.25, -0.2) is 0 Å². The lowest BCUT2D eigenvalue weighted by Crippen LogP contribution is -2.43. The van der Waals surface area contributed by atoms with E-state index < -0.39 is 0 Å². The third-order valence-electron chi connectivity index (χ3n) is 5.85. The summed E-state index contributed by atoms with van der Waals surface area (Å²) < 4.78 is 0. The number of nitrogens with zero attached hydrogens (tertiary/aromatic N) is 2. The molecule has 4 rings (SSSR count). The summed E-state index contributed by atoms with van der Waals surface area (Å²) in [6.07, 6.45) is 8.25. The van der Waals surface area contributed by atoms with Crippen LogP contribution in [0.2, 0.25) is 0 Å². The third kappa shape index (κ3) is 5.49. The lowest BCUT2D eigenvalue weighted by molar-refractivity contribution is -0.132. The molecule has 0 radical (unpaired) electrons. The number of hydrogen-bond donors (Lipinski definition) is 1. The third-order valence-corrected chi connectivity index (χ3v) is 5.85. The van der Waals surface area contributed by atoms with E-state index in [9.17, 15) is 9.59 Å². The van der Waals surface area contributed by atoms with Gasteiger partial charge in [-0.1, -0.05) is 60.7 Å². The summed E-state index contributed by atoms with van der Waals surface area (Å²) in [6.45, 7) is 1.17. The SMILES string of the molecule is O=C(NC(c1ccccc1)c1ccncc1)C1CCN(C(=O)/C=C/c2ccccc2)CC1. The van der Waals surface area contributed by atoms with Crippen molar-refractivity contribution in [2.45, 2.75) is 18.9 Å². The maximum absolute atomic E-state index is 13.1. The van der Waals surface area contributed by atoms with Crippen LogP contribution in [0.5, 0.6) is 0 Å². The molecule has 162 valence electrons. The first-order valence-electron chi connectivity index (χ1n) is 11.0. The number of benzene rings is 2. The molecule has 1 aromatic heterocycles. The molecule has 0 aliphatic carbocycles. The minimum atomic E-state index is -0.222. The maximum Gasteiger partial charge on any atom is 0.246 e. The predicted octanol–water partition coefficient (Wildman–Crippen LogP) is 4.24. The Hall–Kier alpha value is -3.73. The number of aromatic nitrogens is 1. The van der Waals surface area contributed by atoms with Crippen LogP contribution >= 0.6 is 0 Å². The van der Waals surface area contributed by atoms with E-state index in [0.717, 1.165) is 16.7 Å². The monoisotopic (exact) mass is 425 g/mol. The van der Waals surface area contributed by atoms with Crippen molar-refractivity contribution in [1.29, 1.82) is 0 Å². The second kappa shape index (κ2) is 10.5. The molecular weight excluding hydrogens is 398 g/mol. The minimum absolute atomic E-state index is 0.00772. The molecule has 1 N–H and O–H groups in total. The Morgan fingerprint density at radius 2 is 1.47 bits per heavy atom. The summed E-state index contributed by atoms with van der Waals surface area (Å²) in [5.74, 6) is -0.0838. The highest BCUT2D eigenvalue weighted by Gasteiger charge is 2.28. The van der Waals surface area contributed by atoms with Crippen LogP contribution in [0.1, 0.15) is 35.6 Å². The second-order valence-electron chi connectivity index (χ2n) is 7.98. The highest BCUT2D eigenvalue weighted by Crippen LogP contribution is 2.24. The van der Waals surface area contributed by atoms with E-state index in [1.54, 1.807) is 18.5 Å². The molecule has 1 fully saturated rings. The van der Waals surface area contributed by atoms with Crippen LogP contribution in [0.4, 0.5) is 0 Å². The molecule has 5 nitrogen and oxygen atoms in total. The summed E-state index contributed by atoms with van der Waals surface area (Å²) in [5.41, 5.74) is 3.03. The van der Waals surface area contributed by atoms with Crippen molar-refractivity contribution in [3.63, 3.8) is 0 Å². The topological polar surface area (TPSA) is 62.3 Å². The van der Waals surface area contributed by atoms with Crippen molar-refractivity contribution in [3.05, 3.63) is 108 Å². The molecule has 1 aliphatic heterocycles. The Kier molecular flexibility index (Phi) is 7.08. The molecule has 5 heteroatoms. The standard InChI is InChI=1S/C27H27N3O2/c31-25(12-11-21-7-3-1-4-8-21)30-19-15-24(16-20-30)27(32)29-26(22-9-5-2-6-10-22)23-13-17-28-18-14-23/h1-14,17-18,24,26H,15-16,19-20H2,(H,29,32)/b12-11+. The van der Waals surface area contributed by atoms with E-state index in [2.05, 4.69) is 10.3 Å². The van der Waals surface area contributed by atoms with Gasteiger partial charge in [-0.3, -0.25) is 14.6 Å². The van der Waals surface area contributed by atoms with Gasteiger partial charge in [0.05, 0.1) is 6.04 Å². The number of amides is 2. The van der Waals surface area contributed by atoms with Gasteiger partial charge in [0.1, 0.15) is 0 Å². The molecule has 1 aliphatic rings. The highest BCUT2D eigenvalue weighted by atomic mass is 16.2. The van der Waals surface area contributed by atoms with E-state index in [-0.39, 0.29) is 23.8 Å². The van der Waals surface area contributed by atoms with Crippen LogP contribution in [-0.4, -0.2) is 34.8 Å². The smallest absolute Gasteiger partial charge is 0.246 e. The number of carbonyl (C=O) groups is 2. The van der Waals surface area contributed by atoms with E-state index in [1.807, 2.05) is 83.8 Å². The summed E-state index contributed by atoms with van der Waals surface area (Å²) in [5, 5.41) is 3.23. The van der Waals surface area contributed by atoms with Crippen molar-refractivity contribution in [1.82, 2.24) is 15.2 Å². The van der Waals surface area contributed by atoms with Gasteiger partial charge in [-0.2, -0.15) is 0 Å². The fourth-order valence-corrected chi connectivity index (χ4v) is 4.02. The second-order valence-corrected chi connectivity index (χ2v) is 7.98. The molecule has 32 heavy (non-hydrogen) atoms. The van der Waals surface area contributed by atoms with Crippen LogP contribution in [0.15, 0.2) is 91.3 Å². The van der Waals surface area contributed by atoms with Gasteiger partial charge in [0.25, 0.3) is 0 Å².